The van der Waals surface area contributed by atoms with Crippen LogP contribution in [0.25, 0.3) is 0 Å². The first kappa shape index (κ1) is 11.5. The standard InChI is InChI=1S/C7H8F4N4/c1-12-5-3(7(9,10)11)4(8)14-6(13-2)15-5/h1-2H3,(H2,12,13,14,15). The second-order valence-corrected chi connectivity index (χ2v) is 2.56. The number of halogens is 4. The molecule has 0 aliphatic rings. The molecule has 1 rings (SSSR count). The average Bonchev–Trinajstić information content (AvgIpc) is 2.14. The molecule has 0 fully saturated rings. The van der Waals surface area contributed by atoms with E-state index in [1.807, 2.05) is 0 Å². The summed E-state index contributed by atoms with van der Waals surface area (Å²) in [7, 11) is 2.60. The van der Waals surface area contributed by atoms with Crippen molar-refractivity contribution in [3.05, 3.63) is 11.5 Å². The third-order valence-electron chi connectivity index (χ3n) is 1.61. The van der Waals surface area contributed by atoms with E-state index < -0.39 is 23.5 Å². The number of anilines is 2. The molecule has 0 radical (unpaired) electrons. The Morgan fingerprint density at radius 3 is 2.07 bits per heavy atom. The summed E-state index contributed by atoms with van der Waals surface area (Å²) in [5, 5.41) is 4.52. The van der Waals surface area contributed by atoms with Gasteiger partial charge in [-0.25, -0.2) is 0 Å². The van der Waals surface area contributed by atoms with Gasteiger partial charge in [-0.15, -0.1) is 0 Å². The number of hydrogen-bond acceptors (Lipinski definition) is 4. The Balaban J connectivity index is 3.38. The van der Waals surface area contributed by atoms with Crippen LogP contribution >= 0.6 is 0 Å². The molecule has 8 heteroatoms. The van der Waals surface area contributed by atoms with Crippen LogP contribution in [0.15, 0.2) is 0 Å². The molecule has 0 saturated carbocycles. The lowest BCUT2D eigenvalue weighted by molar-refractivity contribution is -0.139. The lowest BCUT2D eigenvalue weighted by atomic mass is 10.3. The van der Waals surface area contributed by atoms with Gasteiger partial charge < -0.3 is 10.6 Å². The predicted octanol–water partition coefficient (Wildman–Crippen LogP) is 1.72. The van der Waals surface area contributed by atoms with E-state index in [2.05, 4.69) is 20.6 Å². The monoisotopic (exact) mass is 224 g/mol. The van der Waals surface area contributed by atoms with Crippen molar-refractivity contribution in [2.45, 2.75) is 6.18 Å². The molecule has 2 N–H and O–H groups in total. The van der Waals surface area contributed by atoms with Crippen LogP contribution in [0.2, 0.25) is 0 Å². The molecule has 0 atom stereocenters. The Hall–Kier alpha value is -1.60. The first-order valence-electron chi connectivity index (χ1n) is 3.90. The fourth-order valence-corrected chi connectivity index (χ4v) is 0.977. The molecule has 0 aliphatic heterocycles. The molecule has 0 unspecified atom stereocenters. The van der Waals surface area contributed by atoms with E-state index in [4.69, 9.17) is 0 Å². The lowest BCUT2D eigenvalue weighted by Gasteiger charge is -2.12. The van der Waals surface area contributed by atoms with E-state index in [0.717, 1.165) is 0 Å². The van der Waals surface area contributed by atoms with Crippen molar-refractivity contribution in [3.8, 4) is 0 Å². The van der Waals surface area contributed by atoms with Gasteiger partial charge >= 0.3 is 6.18 Å². The zero-order valence-corrected chi connectivity index (χ0v) is 7.91. The van der Waals surface area contributed by atoms with Crippen LogP contribution in [0.1, 0.15) is 5.56 Å². The molecule has 0 aromatic carbocycles. The molecular formula is C7H8F4N4. The summed E-state index contributed by atoms with van der Waals surface area (Å²) in [5.74, 6) is -2.42. The van der Waals surface area contributed by atoms with Crippen molar-refractivity contribution in [1.29, 1.82) is 0 Å². The van der Waals surface area contributed by atoms with Gasteiger partial charge in [0.05, 0.1) is 0 Å². The van der Waals surface area contributed by atoms with Gasteiger partial charge in [0.1, 0.15) is 5.82 Å². The summed E-state index contributed by atoms with van der Waals surface area (Å²) in [4.78, 5) is 6.46. The van der Waals surface area contributed by atoms with E-state index >= 15 is 0 Å². The number of rotatable bonds is 2. The van der Waals surface area contributed by atoms with Crippen LogP contribution in [0.3, 0.4) is 0 Å². The van der Waals surface area contributed by atoms with Gasteiger partial charge in [0, 0.05) is 14.1 Å². The summed E-state index contributed by atoms with van der Waals surface area (Å²) >= 11 is 0. The van der Waals surface area contributed by atoms with Gasteiger partial charge in [0.15, 0.2) is 5.56 Å². The second-order valence-electron chi connectivity index (χ2n) is 2.56. The van der Waals surface area contributed by atoms with Crippen molar-refractivity contribution in [2.24, 2.45) is 0 Å². The third-order valence-corrected chi connectivity index (χ3v) is 1.61. The van der Waals surface area contributed by atoms with Gasteiger partial charge in [-0.05, 0) is 0 Å². The predicted molar refractivity (Wildman–Crippen MR) is 46.1 cm³/mol. The Bertz CT molecular complexity index is 363. The number of nitrogens with zero attached hydrogens (tertiary/aromatic N) is 2. The molecule has 1 aromatic rings. The zero-order chi connectivity index (χ0) is 11.6. The van der Waals surface area contributed by atoms with Crippen molar-refractivity contribution in [3.63, 3.8) is 0 Å². The van der Waals surface area contributed by atoms with Crippen molar-refractivity contribution in [2.75, 3.05) is 24.7 Å². The first-order valence-corrected chi connectivity index (χ1v) is 3.90. The topological polar surface area (TPSA) is 49.8 Å². The average molecular weight is 224 g/mol. The third kappa shape index (κ3) is 2.25. The zero-order valence-electron chi connectivity index (χ0n) is 7.91. The Morgan fingerprint density at radius 2 is 1.67 bits per heavy atom. The minimum atomic E-state index is -4.82. The summed E-state index contributed by atoms with van der Waals surface area (Å²) in [6.07, 6.45) is -4.82. The molecule has 0 aliphatic carbocycles. The van der Waals surface area contributed by atoms with Crippen LogP contribution in [-0.4, -0.2) is 24.1 Å². The number of alkyl halides is 3. The Kier molecular flexibility index (Phi) is 2.96. The van der Waals surface area contributed by atoms with Crippen molar-refractivity contribution in [1.82, 2.24) is 9.97 Å². The van der Waals surface area contributed by atoms with Crippen LogP contribution in [0.4, 0.5) is 29.3 Å². The van der Waals surface area contributed by atoms with E-state index in [0.29, 0.717) is 0 Å². The maximum absolute atomic E-state index is 13.0. The molecule has 15 heavy (non-hydrogen) atoms. The lowest BCUT2D eigenvalue weighted by Crippen LogP contribution is -2.16. The number of nitrogens with one attached hydrogen (secondary N) is 2. The molecule has 84 valence electrons. The summed E-state index contributed by atoms with van der Waals surface area (Å²) in [5.41, 5.74) is -1.50. The molecule has 0 amide bonds. The highest BCUT2D eigenvalue weighted by molar-refractivity contribution is 5.48. The van der Waals surface area contributed by atoms with Crippen LogP contribution in [-0.2, 0) is 6.18 Å². The second kappa shape index (κ2) is 3.87. The minimum absolute atomic E-state index is 0.218. The number of hydrogen-bond donors (Lipinski definition) is 2. The first-order chi connectivity index (χ1) is 6.90. The van der Waals surface area contributed by atoms with Crippen LogP contribution in [0, 0.1) is 5.95 Å². The van der Waals surface area contributed by atoms with Gasteiger partial charge in [-0.3, -0.25) is 0 Å². The highest BCUT2D eigenvalue weighted by Crippen LogP contribution is 2.35. The van der Waals surface area contributed by atoms with Crippen molar-refractivity contribution < 1.29 is 17.6 Å². The molecular weight excluding hydrogens is 216 g/mol. The summed E-state index contributed by atoms with van der Waals surface area (Å²) in [6, 6.07) is 0. The van der Waals surface area contributed by atoms with Gasteiger partial charge in [0.25, 0.3) is 0 Å². The molecule has 1 aromatic heterocycles. The molecule has 0 bridgehead atoms. The van der Waals surface area contributed by atoms with Gasteiger partial charge in [-0.2, -0.15) is 27.5 Å². The largest absolute Gasteiger partial charge is 0.424 e. The fraction of sp³-hybridized carbons (Fsp3) is 0.429. The number of aromatic nitrogens is 2. The van der Waals surface area contributed by atoms with Crippen LogP contribution in [0.5, 0.6) is 0 Å². The maximum atomic E-state index is 13.0. The summed E-state index contributed by atoms with van der Waals surface area (Å²) < 4.78 is 50.1. The van der Waals surface area contributed by atoms with Crippen LogP contribution < -0.4 is 10.6 Å². The van der Waals surface area contributed by atoms with Gasteiger partial charge in [0.2, 0.25) is 11.9 Å². The minimum Gasteiger partial charge on any atom is -0.372 e. The Labute approximate surface area is 82.7 Å². The molecule has 0 saturated heterocycles. The molecule has 1 heterocycles. The van der Waals surface area contributed by atoms with Gasteiger partial charge in [-0.1, -0.05) is 0 Å². The van der Waals surface area contributed by atoms with E-state index in [1.165, 1.54) is 14.1 Å². The fourth-order valence-electron chi connectivity index (χ4n) is 0.977. The van der Waals surface area contributed by atoms with E-state index in [9.17, 15) is 17.6 Å². The molecule has 4 nitrogen and oxygen atoms in total. The SMILES string of the molecule is CNc1nc(F)c(C(F)(F)F)c(NC)n1. The highest BCUT2D eigenvalue weighted by atomic mass is 19.4. The normalized spacial score (nSPS) is 11.3. The highest BCUT2D eigenvalue weighted by Gasteiger charge is 2.39. The van der Waals surface area contributed by atoms with E-state index in [1.54, 1.807) is 0 Å². The van der Waals surface area contributed by atoms with E-state index in [-0.39, 0.29) is 5.95 Å². The quantitative estimate of drug-likeness (QED) is 0.593. The maximum Gasteiger partial charge on any atom is 0.424 e. The smallest absolute Gasteiger partial charge is 0.372 e. The summed E-state index contributed by atoms with van der Waals surface area (Å²) in [6.45, 7) is 0. The molecule has 0 spiro atoms. The van der Waals surface area contributed by atoms with Crippen molar-refractivity contribution >= 4 is 11.8 Å². The Morgan fingerprint density at radius 1 is 1.07 bits per heavy atom.